The molecule has 2 aliphatic rings. The van der Waals surface area contributed by atoms with Crippen molar-refractivity contribution in [2.45, 2.75) is 13.8 Å². The maximum atomic E-state index is 2.41. The number of hydrogen-bond donors (Lipinski definition) is 0. The zero-order valence-corrected chi connectivity index (χ0v) is 8.45. The molecule has 0 saturated carbocycles. The molecule has 64 valence electrons. The molecule has 1 fully saturated rings. The molecule has 0 nitrogen and oxygen atoms in total. The smallest absolute Gasteiger partial charge is 0.0190 e. The molecule has 0 atom stereocenters. The van der Waals surface area contributed by atoms with Crippen molar-refractivity contribution in [1.29, 1.82) is 0 Å². The third kappa shape index (κ3) is 1.51. The third-order valence-electron chi connectivity index (χ3n) is 2.30. The summed E-state index contributed by atoms with van der Waals surface area (Å²) in [5.74, 6) is 2.41. The normalized spacial score (nSPS) is 25.8. The second-order valence-electron chi connectivity index (χ2n) is 4.03. The van der Waals surface area contributed by atoms with Gasteiger partial charge in [-0.2, -0.15) is 11.8 Å². The molecule has 0 aromatic carbocycles. The Bertz CT molecular complexity index is 279. The van der Waals surface area contributed by atoms with E-state index in [4.69, 9.17) is 0 Å². The third-order valence-corrected chi connectivity index (χ3v) is 3.33. The maximum Gasteiger partial charge on any atom is 0.0190 e. The lowest BCUT2D eigenvalue weighted by molar-refractivity contribution is 0.623. The van der Waals surface area contributed by atoms with Crippen LogP contribution in [-0.4, -0.2) is 11.5 Å². The van der Waals surface area contributed by atoms with E-state index in [-0.39, 0.29) is 5.41 Å². The van der Waals surface area contributed by atoms with Crippen LogP contribution in [0.1, 0.15) is 13.8 Å². The van der Waals surface area contributed by atoms with Crippen LogP contribution in [0.4, 0.5) is 0 Å². The van der Waals surface area contributed by atoms with Crippen LogP contribution in [0.5, 0.6) is 0 Å². The van der Waals surface area contributed by atoms with Crippen LogP contribution in [0.3, 0.4) is 0 Å². The van der Waals surface area contributed by atoms with E-state index in [0.717, 1.165) is 0 Å². The highest BCUT2D eigenvalue weighted by atomic mass is 32.2. The molecule has 1 aliphatic heterocycles. The molecule has 0 N–H and O–H groups in total. The van der Waals surface area contributed by atoms with E-state index in [2.05, 4.69) is 38.2 Å². The van der Waals surface area contributed by atoms with Gasteiger partial charge in [0, 0.05) is 16.9 Å². The molecule has 0 radical (unpaired) electrons. The summed E-state index contributed by atoms with van der Waals surface area (Å²) in [7, 11) is 0. The molecule has 1 aliphatic carbocycles. The maximum absolute atomic E-state index is 2.41. The van der Waals surface area contributed by atoms with Gasteiger partial charge in [-0.05, 0) is 11.1 Å². The molecule has 0 spiro atoms. The summed E-state index contributed by atoms with van der Waals surface area (Å²) in [5.41, 5.74) is 3.33. The summed E-state index contributed by atoms with van der Waals surface area (Å²) in [5, 5.41) is 0. The molecule has 0 bridgehead atoms. The summed E-state index contributed by atoms with van der Waals surface area (Å²) < 4.78 is 0. The summed E-state index contributed by atoms with van der Waals surface area (Å²) in [4.78, 5) is 0. The fourth-order valence-corrected chi connectivity index (χ4v) is 2.75. The Labute approximate surface area is 78.4 Å². The molecule has 0 aromatic heterocycles. The Morgan fingerprint density at radius 3 is 2.83 bits per heavy atom. The zero-order chi connectivity index (χ0) is 8.60. The predicted octanol–water partition coefficient (Wildman–Crippen LogP) is 3.18. The highest BCUT2D eigenvalue weighted by Crippen LogP contribution is 2.34. The van der Waals surface area contributed by atoms with E-state index in [1.54, 1.807) is 5.57 Å². The average molecular weight is 178 g/mol. The number of allylic oxidation sites excluding steroid dienone is 4. The Hall–Kier alpha value is -0.430. The van der Waals surface area contributed by atoms with Gasteiger partial charge in [-0.25, -0.2) is 0 Å². The number of rotatable bonds is 0. The second kappa shape index (κ2) is 2.81. The standard InChI is InChI=1S/C11H14S/c1-11(2)5-3-4-9-7-12-8-10(9)6-11/h3-6H,7-8H2,1-2H3. The fourth-order valence-electron chi connectivity index (χ4n) is 1.66. The molecule has 0 aromatic rings. The highest BCUT2D eigenvalue weighted by molar-refractivity contribution is 8.00. The van der Waals surface area contributed by atoms with Crippen molar-refractivity contribution >= 4 is 11.8 Å². The van der Waals surface area contributed by atoms with Crippen molar-refractivity contribution in [3.8, 4) is 0 Å². The molecule has 1 heteroatoms. The Morgan fingerprint density at radius 2 is 2.00 bits per heavy atom. The van der Waals surface area contributed by atoms with E-state index >= 15 is 0 Å². The van der Waals surface area contributed by atoms with Crippen molar-refractivity contribution in [3.63, 3.8) is 0 Å². The van der Waals surface area contributed by atoms with E-state index in [9.17, 15) is 0 Å². The fraction of sp³-hybridized carbons (Fsp3) is 0.455. The van der Waals surface area contributed by atoms with E-state index in [1.165, 1.54) is 17.1 Å². The van der Waals surface area contributed by atoms with Gasteiger partial charge in [0.25, 0.3) is 0 Å². The van der Waals surface area contributed by atoms with Gasteiger partial charge in [-0.3, -0.25) is 0 Å². The first-order chi connectivity index (χ1) is 5.67. The molecule has 1 saturated heterocycles. The Balaban J connectivity index is 2.40. The molecule has 0 unspecified atom stereocenters. The van der Waals surface area contributed by atoms with Crippen LogP contribution >= 0.6 is 11.8 Å². The minimum Gasteiger partial charge on any atom is -0.152 e. The van der Waals surface area contributed by atoms with Gasteiger partial charge in [-0.15, -0.1) is 0 Å². The molecule has 1 heterocycles. The average Bonchev–Trinajstić information content (AvgIpc) is 2.31. The summed E-state index contributed by atoms with van der Waals surface area (Å²) in [6, 6.07) is 0. The van der Waals surface area contributed by atoms with Crippen molar-refractivity contribution in [3.05, 3.63) is 35.5 Å². The Kier molecular flexibility index (Phi) is 1.91. The molecular formula is C11H14S. The zero-order valence-electron chi connectivity index (χ0n) is 7.63. The summed E-state index contributed by atoms with van der Waals surface area (Å²) >= 11 is 2.02. The number of hydrogen-bond acceptors (Lipinski definition) is 1. The molecule has 12 heavy (non-hydrogen) atoms. The topological polar surface area (TPSA) is 0 Å². The minimum atomic E-state index is 0.248. The van der Waals surface area contributed by atoms with Gasteiger partial charge in [0.2, 0.25) is 0 Å². The highest BCUT2D eigenvalue weighted by Gasteiger charge is 2.19. The van der Waals surface area contributed by atoms with Crippen molar-refractivity contribution in [1.82, 2.24) is 0 Å². The second-order valence-corrected chi connectivity index (χ2v) is 5.02. The SMILES string of the molecule is CC1(C)C=CC=C2CSCC2=C1. The first kappa shape index (κ1) is 8.18. The lowest BCUT2D eigenvalue weighted by Crippen LogP contribution is -2.03. The number of thioether (sulfide) groups is 1. The van der Waals surface area contributed by atoms with Crippen LogP contribution in [0.25, 0.3) is 0 Å². The van der Waals surface area contributed by atoms with Gasteiger partial charge < -0.3 is 0 Å². The van der Waals surface area contributed by atoms with Crippen molar-refractivity contribution < 1.29 is 0 Å². The predicted molar refractivity (Wildman–Crippen MR) is 56.4 cm³/mol. The number of fused-ring (bicyclic) bond motifs is 1. The van der Waals surface area contributed by atoms with Crippen molar-refractivity contribution in [2.75, 3.05) is 11.5 Å². The van der Waals surface area contributed by atoms with Crippen LogP contribution in [0.2, 0.25) is 0 Å². The minimum absolute atomic E-state index is 0.248. The van der Waals surface area contributed by atoms with Crippen molar-refractivity contribution in [2.24, 2.45) is 5.41 Å². The van der Waals surface area contributed by atoms with Crippen LogP contribution in [-0.2, 0) is 0 Å². The van der Waals surface area contributed by atoms with Gasteiger partial charge in [0.1, 0.15) is 0 Å². The lowest BCUT2D eigenvalue weighted by Gasteiger charge is -2.14. The molecule has 2 rings (SSSR count). The van der Waals surface area contributed by atoms with E-state index in [1.807, 2.05) is 11.8 Å². The summed E-state index contributed by atoms with van der Waals surface area (Å²) in [6.07, 6.45) is 9.14. The quantitative estimate of drug-likeness (QED) is 0.549. The summed E-state index contributed by atoms with van der Waals surface area (Å²) in [6.45, 7) is 4.52. The van der Waals surface area contributed by atoms with Gasteiger partial charge >= 0.3 is 0 Å². The largest absolute Gasteiger partial charge is 0.152 e. The van der Waals surface area contributed by atoms with Crippen LogP contribution < -0.4 is 0 Å². The monoisotopic (exact) mass is 178 g/mol. The van der Waals surface area contributed by atoms with Gasteiger partial charge in [-0.1, -0.05) is 38.2 Å². The Morgan fingerprint density at radius 1 is 1.25 bits per heavy atom. The van der Waals surface area contributed by atoms with Crippen LogP contribution in [0.15, 0.2) is 35.5 Å². The molecular weight excluding hydrogens is 164 g/mol. The van der Waals surface area contributed by atoms with E-state index < -0.39 is 0 Å². The first-order valence-electron chi connectivity index (χ1n) is 4.36. The van der Waals surface area contributed by atoms with Gasteiger partial charge in [0.15, 0.2) is 0 Å². The van der Waals surface area contributed by atoms with Gasteiger partial charge in [0.05, 0.1) is 0 Å². The molecule has 0 amide bonds. The van der Waals surface area contributed by atoms with Crippen LogP contribution in [0, 0.1) is 5.41 Å². The van der Waals surface area contributed by atoms with E-state index in [0.29, 0.717) is 0 Å². The lowest BCUT2D eigenvalue weighted by atomic mass is 9.91. The first-order valence-corrected chi connectivity index (χ1v) is 5.51.